The summed E-state index contributed by atoms with van der Waals surface area (Å²) < 4.78 is 104. The van der Waals surface area contributed by atoms with Crippen molar-refractivity contribution in [1.82, 2.24) is 19.6 Å². The molecule has 4 nitrogen and oxygen atoms in total. The van der Waals surface area contributed by atoms with Gasteiger partial charge in [-0.1, -0.05) is 0 Å². The third-order valence-corrected chi connectivity index (χ3v) is 2.68. The molecule has 12 heteroatoms. The van der Waals surface area contributed by atoms with Gasteiger partial charge in [0.1, 0.15) is 5.56 Å². The van der Waals surface area contributed by atoms with Gasteiger partial charge in [-0.15, -0.1) is 0 Å². The van der Waals surface area contributed by atoms with Crippen molar-refractivity contribution in [2.75, 3.05) is 0 Å². The number of rotatable bonds is 2. The van der Waals surface area contributed by atoms with Crippen LogP contribution in [0.3, 0.4) is 0 Å². The zero-order valence-corrected chi connectivity index (χ0v) is 10.5. The first-order valence-electron chi connectivity index (χ1n) is 5.46. The molecule has 2 aromatic rings. The van der Waals surface area contributed by atoms with Gasteiger partial charge in [0.25, 0.3) is 0 Å². The Morgan fingerprint density at radius 3 is 2.00 bits per heavy atom. The van der Waals surface area contributed by atoms with Crippen molar-refractivity contribution in [2.24, 2.45) is 7.05 Å². The van der Waals surface area contributed by atoms with Crippen molar-refractivity contribution in [3.05, 3.63) is 29.7 Å². The van der Waals surface area contributed by atoms with Crippen LogP contribution < -0.4 is 0 Å². The Bertz CT molecular complexity index is 664. The minimum Gasteiger partial charge on any atom is -0.250 e. The molecule has 0 fully saturated rings. The summed E-state index contributed by atoms with van der Waals surface area (Å²) in [5, 5.41) is 6.15. The lowest BCUT2D eigenvalue weighted by molar-refractivity contribution is -0.292. The summed E-state index contributed by atoms with van der Waals surface area (Å²) in [5.41, 5.74) is -4.61. The van der Waals surface area contributed by atoms with Gasteiger partial charge in [-0.05, 0) is 6.07 Å². The van der Waals surface area contributed by atoms with Crippen molar-refractivity contribution in [3.8, 4) is 5.82 Å². The van der Waals surface area contributed by atoms with Crippen LogP contribution in [-0.4, -0.2) is 25.7 Å². The van der Waals surface area contributed by atoms with Crippen LogP contribution in [0.5, 0.6) is 0 Å². The second-order valence-electron chi connectivity index (χ2n) is 4.19. The summed E-state index contributed by atoms with van der Waals surface area (Å²) in [7, 11) is 0.808. The molecule has 22 heavy (non-hydrogen) atoms. The molecule has 2 heterocycles. The predicted octanol–water partition coefficient (Wildman–Crippen LogP) is 3.28. The molecule has 0 spiro atoms. The minimum absolute atomic E-state index is 0.269. The van der Waals surface area contributed by atoms with E-state index in [0.29, 0.717) is 4.68 Å². The highest BCUT2D eigenvalue weighted by molar-refractivity contribution is 5.42. The zero-order valence-electron chi connectivity index (χ0n) is 10.5. The van der Waals surface area contributed by atoms with Gasteiger partial charge in [0.05, 0.1) is 0 Å². The molecule has 0 aromatic carbocycles. The quantitative estimate of drug-likeness (QED) is 0.790. The SMILES string of the molecule is Cn1nc(C(F)(F)C(F)(F)F)c(C(F)(F)F)c1-n1cccn1. The first-order valence-corrected chi connectivity index (χ1v) is 5.46. The molecule has 0 bridgehead atoms. The highest BCUT2D eigenvalue weighted by Gasteiger charge is 2.64. The van der Waals surface area contributed by atoms with Gasteiger partial charge in [-0.2, -0.15) is 45.3 Å². The highest BCUT2D eigenvalue weighted by Crippen LogP contribution is 2.49. The molecule has 122 valence electrons. The van der Waals surface area contributed by atoms with Crippen LogP contribution in [0.25, 0.3) is 5.82 Å². The average molecular weight is 334 g/mol. The van der Waals surface area contributed by atoms with Gasteiger partial charge < -0.3 is 0 Å². The van der Waals surface area contributed by atoms with Crippen LogP contribution in [0.1, 0.15) is 11.3 Å². The number of nitrogens with zero attached hydrogens (tertiary/aromatic N) is 4. The Kier molecular flexibility index (Phi) is 3.45. The second kappa shape index (κ2) is 4.68. The van der Waals surface area contributed by atoms with Crippen LogP contribution in [0, 0.1) is 0 Å². The van der Waals surface area contributed by atoms with E-state index in [9.17, 15) is 35.1 Å². The monoisotopic (exact) mass is 334 g/mol. The lowest BCUT2D eigenvalue weighted by Gasteiger charge is -2.19. The molecule has 0 aliphatic carbocycles. The smallest absolute Gasteiger partial charge is 0.250 e. The van der Waals surface area contributed by atoms with Crippen molar-refractivity contribution in [1.29, 1.82) is 0 Å². The van der Waals surface area contributed by atoms with Crippen LogP contribution >= 0.6 is 0 Å². The summed E-state index contributed by atoms with van der Waals surface area (Å²) in [6.07, 6.45) is -9.71. The predicted molar refractivity (Wildman–Crippen MR) is 55.3 cm³/mol. The molecule has 2 rings (SSSR count). The van der Waals surface area contributed by atoms with Crippen molar-refractivity contribution in [2.45, 2.75) is 18.3 Å². The number of aryl methyl sites for hydroxylation is 1. The lowest BCUT2D eigenvalue weighted by atomic mass is 10.1. The molecular weight excluding hydrogens is 328 g/mol. The standard InChI is InChI=1S/C10H6F8N4/c1-21-7(22-4-2-3-19-22)5(9(13,14)15)6(20-21)8(11,12)10(16,17)18/h2-4H,1H3. The fourth-order valence-electron chi connectivity index (χ4n) is 1.79. The molecule has 2 aromatic heterocycles. The fourth-order valence-corrected chi connectivity index (χ4v) is 1.79. The van der Waals surface area contributed by atoms with Crippen molar-refractivity contribution in [3.63, 3.8) is 0 Å². The molecule has 0 N–H and O–H groups in total. The van der Waals surface area contributed by atoms with Gasteiger partial charge in [0.2, 0.25) is 0 Å². The van der Waals surface area contributed by atoms with E-state index in [0.717, 1.165) is 19.4 Å². The van der Waals surface area contributed by atoms with Gasteiger partial charge in [-0.25, -0.2) is 9.36 Å². The number of hydrogen-bond acceptors (Lipinski definition) is 2. The normalized spacial score (nSPS) is 13.7. The summed E-state index contributed by atoms with van der Waals surface area (Å²) in [6, 6.07) is 1.18. The van der Waals surface area contributed by atoms with E-state index in [1.807, 2.05) is 0 Å². The molecule has 0 amide bonds. The summed E-state index contributed by atoms with van der Waals surface area (Å²) in [4.78, 5) is 0. The van der Waals surface area contributed by atoms with Gasteiger partial charge in [0.15, 0.2) is 11.5 Å². The number of alkyl halides is 8. The third-order valence-electron chi connectivity index (χ3n) is 2.68. The molecule has 0 saturated heterocycles. The first-order chi connectivity index (χ1) is 9.87. The van der Waals surface area contributed by atoms with Crippen LogP contribution in [-0.2, 0) is 19.1 Å². The average Bonchev–Trinajstić information content (AvgIpc) is 2.92. The molecule has 0 radical (unpaired) electrons. The van der Waals surface area contributed by atoms with Crippen LogP contribution in [0.2, 0.25) is 0 Å². The van der Waals surface area contributed by atoms with E-state index >= 15 is 0 Å². The van der Waals surface area contributed by atoms with Gasteiger partial charge in [0, 0.05) is 19.4 Å². The second-order valence-corrected chi connectivity index (χ2v) is 4.19. The van der Waals surface area contributed by atoms with E-state index in [1.54, 1.807) is 0 Å². The van der Waals surface area contributed by atoms with E-state index in [-0.39, 0.29) is 4.68 Å². The lowest BCUT2D eigenvalue weighted by Crippen LogP contribution is -2.36. The maximum absolute atomic E-state index is 13.4. The Morgan fingerprint density at radius 2 is 1.59 bits per heavy atom. The Labute approximate surface area is 116 Å². The summed E-state index contributed by atoms with van der Waals surface area (Å²) in [5.74, 6) is -6.81. The largest absolute Gasteiger partial charge is 0.459 e. The molecular formula is C10H6F8N4. The maximum Gasteiger partial charge on any atom is 0.459 e. The Balaban J connectivity index is 2.81. The summed E-state index contributed by atoms with van der Waals surface area (Å²) >= 11 is 0. The zero-order chi connectivity index (χ0) is 16.9. The van der Waals surface area contributed by atoms with Crippen LogP contribution in [0.15, 0.2) is 18.5 Å². The van der Waals surface area contributed by atoms with E-state index < -0.39 is 35.4 Å². The van der Waals surface area contributed by atoms with Gasteiger partial charge >= 0.3 is 18.3 Å². The van der Waals surface area contributed by atoms with E-state index in [1.165, 1.54) is 6.07 Å². The Hall–Kier alpha value is -2.14. The topological polar surface area (TPSA) is 35.6 Å². The van der Waals surface area contributed by atoms with Crippen molar-refractivity contribution >= 4 is 0 Å². The van der Waals surface area contributed by atoms with E-state index in [4.69, 9.17) is 0 Å². The molecule has 0 unspecified atom stereocenters. The molecule has 0 saturated carbocycles. The fraction of sp³-hybridized carbons (Fsp3) is 0.400. The first kappa shape index (κ1) is 16.2. The number of aromatic nitrogens is 4. The molecule has 0 aliphatic heterocycles. The Morgan fingerprint density at radius 1 is 1.00 bits per heavy atom. The van der Waals surface area contributed by atoms with E-state index in [2.05, 4.69) is 10.2 Å². The van der Waals surface area contributed by atoms with Gasteiger partial charge in [-0.3, -0.25) is 0 Å². The molecule has 0 atom stereocenters. The number of halogens is 8. The minimum atomic E-state index is -6.22. The maximum atomic E-state index is 13.4. The highest BCUT2D eigenvalue weighted by atomic mass is 19.4. The van der Waals surface area contributed by atoms with Crippen molar-refractivity contribution < 1.29 is 35.1 Å². The molecule has 0 aliphatic rings. The third kappa shape index (κ3) is 2.41. The number of hydrogen-bond donors (Lipinski definition) is 0. The van der Waals surface area contributed by atoms with Crippen LogP contribution in [0.4, 0.5) is 35.1 Å². The summed E-state index contributed by atoms with van der Waals surface area (Å²) in [6.45, 7) is 0.